The zero-order chi connectivity index (χ0) is 19.8. The molecule has 2 atom stereocenters. The smallest absolute Gasteiger partial charge is 0.221 e. The van der Waals surface area contributed by atoms with Gasteiger partial charge in [-0.2, -0.15) is 4.37 Å². The molecule has 1 aromatic carbocycles. The van der Waals surface area contributed by atoms with Gasteiger partial charge in [-0.25, -0.2) is 9.37 Å². The maximum absolute atomic E-state index is 13.0. The lowest BCUT2D eigenvalue weighted by atomic mass is 10.1. The fraction of sp³-hybridized carbons (Fsp3) is 0.550. The number of halogens is 1. The number of benzene rings is 1. The molecule has 5 nitrogen and oxygen atoms in total. The van der Waals surface area contributed by atoms with Crippen molar-refractivity contribution in [3.05, 3.63) is 41.5 Å². The molecule has 0 spiro atoms. The number of hydrogen-bond donors (Lipinski definition) is 1. The Bertz CT molecular complexity index is 719. The molecular weight excluding hydrogens is 363 g/mol. The van der Waals surface area contributed by atoms with Crippen LogP contribution in [0.2, 0.25) is 0 Å². The van der Waals surface area contributed by atoms with Crippen LogP contribution in [-0.2, 0) is 11.2 Å². The summed E-state index contributed by atoms with van der Waals surface area (Å²) in [4.78, 5) is 18.9. The van der Waals surface area contributed by atoms with Crippen LogP contribution in [0, 0.1) is 5.82 Å². The lowest BCUT2D eigenvalue weighted by molar-refractivity contribution is -0.121. The number of rotatable bonds is 10. The highest BCUT2D eigenvalue weighted by Crippen LogP contribution is 2.22. The van der Waals surface area contributed by atoms with Crippen molar-refractivity contribution in [3.63, 3.8) is 0 Å². The van der Waals surface area contributed by atoms with Crippen LogP contribution in [0.3, 0.4) is 0 Å². The first-order chi connectivity index (χ1) is 12.9. The first-order valence-corrected chi connectivity index (χ1v) is 10.3. The standard InChI is InChI=1S/C20H29FN4OS/c1-5-14(3)22-19(26)11-12-25(15(4)6-2)20-23-18(24-27-20)13-16-7-9-17(21)10-8-16/h7-10,14-15H,5-6,11-13H2,1-4H3,(H,22,26)/t14-,15+/m0/s1. The van der Waals surface area contributed by atoms with Gasteiger partial charge in [0.25, 0.3) is 0 Å². The summed E-state index contributed by atoms with van der Waals surface area (Å²) in [5.41, 5.74) is 0.976. The van der Waals surface area contributed by atoms with Crippen molar-refractivity contribution in [2.45, 2.75) is 65.5 Å². The summed E-state index contributed by atoms with van der Waals surface area (Å²) < 4.78 is 17.5. The van der Waals surface area contributed by atoms with Crippen LogP contribution < -0.4 is 10.2 Å². The van der Waals surface area contributed by atoms with Gasteiger partial charge in [-0.05, 0) is 44.4 Å². The summed E-state index contributed by atoms with van der Waals surface area (Å²) in [6, 6.07) is 6.86. The summed E-state index contributed by atoms with van der Waals surface area (Å²) in [5, 5.41) is 3.84. The van der Waals surface area contributed by atoms with E-state index in [1.165, 1.54) is 23.7 Å². The molecule has 0 saturated heterocycles. The third-order valence-corrected chi connectivity index (χ3v) is 5.49. The highest BCUT2D eigenvalue weighted by Gasteiger charge is 2.19. The normalized spacial score (nSPS) is 13.2. The molecule has 0 aliphatic heterocycles. The van der Waals surface area contributed by atoms with Crippen LogP contribution in [0.15, 0.2) is 24.3 Å². The highest BCUT2D eigenvalue weighted by atomic mass is 32.1. The van der Waals surface area contributed by atoms with Gasteiger partial charge in [-0.3, -0.25) is 4.79 Å². The molecule has 0 fully saturated rings. The van der Waals surface area contributed by atoms with Crippen LogP contribution in [0.4, 0.5) is 9.52 Å². The Morgan fingerprint density at radius 3 is 2.56 bits per heavy atom. The Hall–Kier alpha value is -2.02. The highest BCUT2D eigenvalue weighted by molar-refractivity contribution is 7.09. The van der Waals surface area contributed by atoms with E-state index in [1.54, 1.807) is 12.1 Å². The second-order valence-corrected chi connectivity index (χ2v) is 7.60. The summed E-state index contributed by atoms with van der Waals surface area (Å²) in [7, 11) is 0. The van der Waals surface area contributed by atoms with Crippen LogP contribution in [0.5, 0.6) is 0 Å². The predicted octanol–water partition coefficient (Wildman–Crippen LogP) is 4.18. The number of nitrogens with zero attached hydrogens (tertiary/aromatic N) is 3. The fourth-order valence-electron chi connectivity index (χ4n) is 2.61. The fourth-order valence-corrected chi connectivity index (χ4v) is 3.43. The van der Waals surface area contributed by atoms with Gasteiger partial charge < -0.3 is 10.2 Å². The molecule has 7 heteroatoms. The number of nitrogens with one attached hydrogen (secondary N) is 1. The minimum Gasteiger partial charge on any atom is -0.354 e. The van der Waals surface area contributed by atoms with Crippen molar-refractivity contribution in [1.82, 2.24) is 14.7 Å². The Labute approximate surface area is 165 Å². The van der Waals surface area contributed by atoms with Gasteiger partial charge in [-0.15, -0.1) is 0 Å². The van der Waals surface area contributed by atoms with E-state index in [9.17, 15) is 9.18 Å². The maximum Gasteiger partial charge on any atom is 0.221 e. The number of amides is 1. The van der Waals surface area contributed by atoms with Gasteiger partial charge in [0, 0.05) is 43.0 Å². The molecule has 0 bridgehead atoms. The third kappa shape index (κ3) is 6.57. The van der Waals surface area contributed by atoms with Gasteiger partial charge in [0.05, 0.1) is 0 Å². The third-order valence-electron chi connectivity index (χ3n) is 4.70. The number of carbonyl (C=O) groups is 1. The quantitative estimate of drug-likeness (QED) is 0.659. The first-order valence-electron chi connectivity index (χ1n) is 9.55. The number of hydrogen-bond acceptors (Lipinski definition) is 5. The number of anilines is 1. The molecule has 148 valence electrons. The lowest BCUT2D eigenvalue weighted by Crippen LogP contribution is -2.38. The van der Waals surface area contributed by atoms with Gasteiger partial charge in [0.1, 0.15) is 11.6 Å². The predicted molar refractivity (Wildman–Crippen MR) is 109 cm³/mol. The molecular formula is C20H29FN4OS. The van der Waals surface area contributed by atoms with Crippen molar-refractivity contribution < 1.29 is 9.18 Å². The molecule has 0 saturated carbocycles. The average Bonchev–Trinajstić information content (AvgIpc) is 3.11. The van der Waals surface area contributed by atoms with E-state index in [1.807, 2.05) is 6.92 Å². The van der Waals surface area contributed by atoms with E-state index in [-0.39, 0.29) is 23.8 Å². The van der Waals surface area contributed by atoms with Gasteiger partial charge >= 0.3 is 0 Å². The summed E-state index contributed by atoms with van der Waals surface area (Å²) >= 11 is 1.35. The van der Waals surface area contributed by atoms with Crippen LogP contribution in [0.25, 0.3) is 0 Å². The Kier molecular flexibility index (Phi) is 8.16. The van der Waals surface area contributed by atoms with Crippen molar-refractivity contribution in [2.24, 2.45) is 0 Å². The molecule has 1 heterocycles. The topological polar surface area (TPSA) is 58.1 Å². The number of aromatic nitrogens is 2. The SMILES string of the molecule is CC[C@@H](C)N(CCC(=O)N[C@@H](C)CC)c1nc(Cc2ccc(F)cc2)ns1. The van der Waals surface area contributed by atoms with Crippen molar-refractivity contribution in [3.8, 4) is 0 Å². The molecule has 0 radical (unpaired) electrons. The Morgan fingerprint density at radius 1 is 1.22 bits per heavy atom. The molecule has 0 aliphatic carbocycles. The molecule has 2 aromatic rings. The molecule has 0 unspecified atom stereocenters. The Morgan fingerprint density at radius 2 is 1.93 bits per heavy atom. The van der Waals surface area contributed by atoms with Crippen molar-refractivity contribution >= 4 is 22.6 Å². The summed E-state index contributed by atoms with van der Waals surface area (Å²) in [6.07, 6.45) is 2.88. The van der Waals surface area contributed by atoms with Crippen molar-refractivity contribution in [2.75, 3.05) is 11.4 Å². The molecule has 0 aliphatic rings. The Balaban J connectivity index is 2.02. The van der Waals surface area contributed by atoms with Crippen molar-refractivity contribution in [1.29, 1.82) is 0 Å². The van der Waals surface area contributed by atoms with Gasteiger partial charge in [0.15, 0.2) is 0 Å². The largest absolute Gasteiger partial charge is 0.354 e. The van der Waals surface area contributed by atoms with Gasteiger partial charge in [0.2, 0.25) is 11.0 Å². The zero-order valence-electron chi connectivity index (χ0n) is 16.5. The van der Waals surface area contributed by atoms with E-state index in [0.29, 0.717) is 19.4 Å². The monoisotopic (exact) mass is 392 g/mol. The second kappa shape index (κ2) is 10.3. The molecule has 1 aromatic heterocycles. The minimum atomic E-state index is -0.246. The van der Waals surface area contributed by atoms with E-state index >= 15 is 0 Å². The lowest BCUT2D eigenvalue weighted by Gasteiger charge is -2.27. The maximum atomic E-state index is 13.0. The molecule has 2 rings (SSSR count). The summed E-state index contributed by atoms with van der Waals surface area (Å²) in [5.74, 6) is 0.539. The average molecular weight is 393 g/mol. The second-order valence-electron chi connectivity index (χ2n) is 6.87. The van der Waals surface area contributed by atoms with E-state index in [2.05, 4.69) is 40.3 Å². The van der Waals surface area contributed by atoms with Crippen LogP contribution in [0.1, 0.15) is 58.3 Å². The van der Waals surface area contributed by atoms with E-state index in [4.69, 9.17) is 0 Å². The molecule has 27 heavy (non-hydrogen) atoms. The van der Waals surface area contributed by atoms with Crippen LogP contribution >= 0.6 is 11.5 Å². The zero-order valence-corrected chi connectivity index (χ0v) is 17.4. The summed E-state index contributed by atoms with van der Waals surface area (Å²) in [6.45, 7) is 8.94. The minimum absolute atomic E-state index is 0.0636. The van der Waals surface area contributed by atoms with Gasteiger partial charge in [-0.1, -0.05) is 26.0 Å². The molecule has 1 amide bonds. The van der Waals surface area contributed by atoms with E-state index < -0.39 is 0 Å². The van der Waals surface area contributed by atoms with E-state index in [0.717, 1.165) is 29.4 Å². The molecule has 1 N–H and O–H groups in total. The number of carbonyl (C=O) groups excluding carboxylic acids is 1. The first kappa shape index (κ1) is 21.3. The van der Waals surface area contributed by atoms with Crippen LogP contribution in [-0.4, -0.2) is 33.9 Å².